The molecule has 2 aliphatic carbocycles. The number of carboxylic acids is 1. The summed E-state index contributed by atoms with van der Waals surface area (Å²) in [4.78, 5) is 22.9. The van der Waals surface area contributed by atoms with Crippen LogP contribution >= 0.6 is 0 Å². The molecule has 0 bridgehead atoms. The summed E-state index contributed by atoms with van der Waals surface area (Å²) in [6, 6.07) is -0.812. The number of hydrogen-bond acceptors (Lipinski definition) is 3. The first-order valence-corrected chi connectivity index (χ1v) is 6.48. The summed E-state index contributed by atoms with van der Waals surface area (Å²) < 4.78 is 5.10. The van der Waals surface area contributed by atoms with Gasteiger partial charge in [0.2, 0.25) is 0 Å². The van der Waals surface area contributed by atoms with Crippen molar-refractivity contribution in [2.45, 2.75) is 51.7 Å². The van der Waals surface area contributed by atoms with Crippen LogP contribution in [0.15, 0.2) is 0 Å². The van der Waals surface area contributed by atoms with Gasteiger partial charge in [-0.3, -0.25) is 0 Å². The molecule has 0 heterocycles. The van der Waals surface area contributed by atoms with Gasteiger partial charge in [-0.1, -0.05) is 0 Å². The van der Waals surface area contributed by atoms with Crippen LogP contribution in [0.2, 0.25) is 0 Å². The van der Waals surface area contributed by atoms with Crippen LogP contribution in [0.5, 0.6) is 0 Å². The Labute approximate surface area is 107 Å². The zero-order chi connectivity index (χ0) is 13.5. The quantitative estimate of drug-likeness (QED) is 0.809. The second-order valence-corrected chi connectivity index (χ2v) is 6.45. The van der Waals surface area contributed by atoms with Crippen molar-refractivity contribution in [1.29, 1.82) is 0 Å². The fourth-order valence-corrected chi connectivity index (χ4v) is 2.85. The topological polar surface area (TPSA) is 75.6 Å². The molecule has 2 rings (SSSR count). The van der Waals surface area contributed by atoms with Gasteiger partial charge in [0, 0.05) is 0 Å². The molecular weight excluding hydrogens is 234 g/mol. The second kappa shape index (κ2) is 4.44. The number of hydrogen-bond donors (Lipinski definition) is 2. The van der Waals surface area contributed by atoms with Gasteiger partial charge in [-0.05, 0) is 57.8 Å². The Bertz CT molecular complexity index is 350. The Morgan fingerprint density at radius 2 is 1.78 bits per heavy atom. The van der Waals surface area contributed by atoms with Crippen molar-refractivity contribution < 1.29 is 19.4 Å². The Balaban J connectivity index is 1.90. The summed E-state index contributed by atoms with van der Waals surface area (Å²) in [5.74, 6) is 0.473. The van der Waals surface area contributed by atoms with E-state index in [1.807, 2.05) is 0 Å². The molecule has 0 aromatic carbocycles. The van der Waals surface area contributed by atoms with Gasteiger partial charge in [0.05, 0.1) is 0 Å². The number of alkyl carbamates (subject to hydrolysis) is 1. The number of fused-ring (bicyclic) bond motifs is 1. The fourth-order valence-electron chi connectivity index (χ4n) is 2.85. The van der Waals surface area contributed by atoms with E-state index in [-0.39, 0.29) is 5.92 Å². The third-order valence-corrected chi connectivity index (χ3v) is 3.69. The first kappa shape index (κ1) is 13.2. The van der Waals surface area contributed by atoms with Gasteiger partial charge in [-0.25, -0.2) is 9.59 Å². The molecular formula is C13H21NO4. The number of amides is 1. The van der Waals surface area contributed by atoms with Gasteiger partial charge in [-0.15, -0.1) is 0 Å². The number of aliphatic carboxylic acids is 1. The first-order chi connectivity index (χ1) is 8.26. The molecule has 5 heteroatoms. The highest BCUT2D eigenvalue weighted by atomic mass is 16.6. The predicted molar refractivity (Wildman–Crippen MR) is 65.1 cm³/mol. The van der Waals surface area contributed by atoms with E-state index >= 15 is 0 Å². The maximum Gasteiger partial charge on any atom is 0.408 e. The van der Waals surface area contributed by atoms with E-state index in [1.165, 1.54) is 6.42 Å². The van der Waals surface area contributed by atoms with Crippen LogP contribution in [0.3, 0.4) is 0 Å². The van der Waals surface area contributed by atoms with Crippen molar-refractivity contribution in [2.75, 3.05) is 0 Å². The van der Waals surface area contributed by atoms with E-state index < -0.39 is 23.7 Å². The molecule has 5 nitrogen and oxygen atoms in total. The minimum absolute atomic E-state index is 0.0544. The molecule has 0 aromatic heterocycles. The molecule has 2 saturated carbocycles. The molecule has 18 heavy (non-hydrogen) atoms. The van der Waals surface area contributed by atoms with Gasteiger partial charge in [-0.2, -0.15) is 0 Å². The number of carboxylic acid groups (broad SMARTS) is 1. The maximum absolute atomic E-state index is 11.6. The lowest BCUT2D eigenvalue weighted by molar-refractivity contribution is -0.141. The van der Waals surface area contributed by atoms with E-state index in [0.717, 1.165) is 12.8 Å². The summed E-state index contributed by atoms with van der Waals surface area (Å²) >= 11 is 0. The summed E-state index contributed by atoms with van der Waals surface area (Å²) in [6.45, 7) is 5.27. The highest BCUT2D eigenvalue weighted by Crippen LogP contribution is 2.55. The summed E-state index contributed by atoms with van der Waals surface area (Å²) in [5, 5.41) is 11.7. The average Bonchev–Trinajstić information content (AvgIpc) is 2.79. The van der Waals surface area contributed by atoms with E-state index in [4.69, 9.17) is 4.74 Å². The van der Waals surface area contributed by atoms with Crippen molar-refractivity contribution in [3.05, 3.63) is 0 Å². The van der Waals surface area contributed by atoms with E-state index in [1.54, 1.807) is 20.8 Å². The zero-order valence-corrected chi connectivity index (χ0v) is 11.1. The van der Waals surface area contributed by atoms with Crippen molar-refractivity contribution in [3.8, 4) is 0 Å². The van der Waals surface area contributed by atoms with E-state index in [0.29, 0.717) is 11.8 Å². The number of nitrogens with one attached hydrogen (secondary N) is 1. The average molecular weight is 255 g/mol. The van der Waals surface area contributed by atoms with E-state index in [9.17, 15) is 14.7 Å². The highest BCUT2D eigenvalue weighted by molar-refractivity contribution is 5.80. The number of rotatable bonds is 3. The SMILES string of the molecule is CC(C)(C)OC(=O)NC(C(=O)O)C1C[C@@H]2C[C@@H]2C1. The molecule has 2 N–H and O–H groups in total. The van der Waals surface area contributed by atoms with Crippen LogP contribution in [0.4, 0.5) is 4.79 Å². The van der Waals surface area contributed by atoms with Gasteiger partial charge in [0.25, 0.3) is 0 Å². The predicted octanol–water partition coefficient (Wildman–Crippen LogP) is 2.01. The minimum Gasteiger partial charge on any atom is -0.480 e. The van der Waals surface area contributed by atoms with Crippen LogP contribution in [0.1, 0.15) is 40.0 Å². The van der Waals surface area contributed by atoms with Crippen molar-refractivity contribution in [3.63, 3.8) is 0 Å². The molecule has 102 valence electrons. The highest BCUT2D eigenvalue weighted by Gasteiger charge is 2.49. The van der Waals surface area contributed by atoms with Crippen LogP contribution in [-0.4, -0.2) is 28.8 Å². The van der Waals surface area contributed by atoms with Crippen LogP contribution in [0.25, 0.3) is 0 Å². The molecule has 2 aliphatic rings. The molecule has 0 aliphatic heterocycles. The Hall–Kier alpha value is -1.26. The normalized spacial score (nSPS) is 31.4. The van der Waals surface area contributed by atoms with Gasteiger partial charge in [0.1, 0.15) is 11.6 Å². The Morgan fingerprint density at radius 1 is 1.22 bits per heavy atom. The zero-order valence-electron chi connectivity index (χ0n) is 11.1. The third-order valence-electron chi connectivity index (χ3n) is 3.69. The van der Waals surface area contributed by atoms with E-state index in [2.05, 4.69) is 5.32 Å². The van der Waals surface area contributed by atoms with Gasteiger partial charge < -0.3 is 15.2 Å². The minimum atomic E-state index is -0.966. The number of carbonyl (C=O) groups excluding carboxylic acids is 1. The van der Waals surface area contributed by atoms with Gasteiger partial charge >= 0.3 is 12.1 Å². The lowest BCUT2D eigenvalue weighted by Gasteiger charge is -2.25. The lowest BCUT2D eigenvalue weighted by Crippen LogP contribution is -2.47. The van der Waals surface area contributed by atoms with Gasteiger partial charge in [0.15, 0.2) is 0 Å². The molecule has 4 atom stereocenters. The summed E-state index contributed by atoms with van der Waals surface area (Å²) in [5.41, 5.74) is -0.606. The monoisotopic (exact) mass is 255 g/mol. The second-order valence-electron chi connectivity index (χ2n) is 6.45. The summed E-state index contributed by atoms with van der Waals surface area (Å²) in [6.07, 6.45) is 2.42. The molecule has 0 radical (unpaired) electrons. The lowest BCUT2D eigenvalue weighted by atomic mass is 9.94. The molecule has 1 amide bonds. The molecule has 0 saturated heterocycles. The van der Waals surface area contributed by atoms with Crippen molar-refractivity contribution in [2.24, 2.45) is 17.8 Å². The fraction of sp³-hybridized carbons (Fsp3) is 0.846. The number of carbonyl (C=O) groups is 2. The molecule has 0 aromatic rings. The van der Waals surface area contributed by atoms with Crippen LogP contribution < -0.4 is 5.32 Å². The molecule has 2 fully saturated rings. The van der Waals surface area contributed by atoms with Crippen molar-refractivity contribution >= 4 is 12.1 Å². The smallest absolute Gasteiger partial charge is 0.408 e. The molecule has 2 unspecified atom stereocenters. The number of ether oxygens (including phenoxy) is 1. The largest absolute Gasteiger partial charge is 0.480 e. The first-order valence-electron chi connectivity index (χ1n) is 6.48. The van der Waals surface area contributed by atoms with Crippen LogP contribution in [-0.2, 0) is 9.53 Å². The van der Waals surface area contributed by atoms with Crippen LogP contribution in [0, 0.1) is 17.8 Å². The molecule has 0 spiro atoms. The maximum atomic E-state index is 11.6. The third kappa shape index (κ3) is 3.15. The van der Waals surface area contributed by atoms with Crippen molar-refractivity contribution in [1.82, 2.24) is 5.32 Å². The Morgan fingerprint density at radius 3 is 2.22 bits per heavy atom. The Kier molecular flexibility index (Phi) is 3.25. The summed E-state index contributed by atoms with van der Waals surface area (Å²) in [7, 11) is 0. The standard InChI is InChI=1S/C13H21NO4/c1-13(2,3)18-12(17)14-10(11(15)16)9-5-7-4-8(7)6-9/h7-10H,4-6H2,1-3H3,(H,14,17)(H,15,16)/t7-,8+,9?,10?.